The number of fused-ring (bicyclic) bond motifs is 5. The summed E-state index contributed by atoms with van der Waals surface area (Å²) in [6.07, 6.45) is 24.2. The van der Waals surface area contributed by atoms with E-state index >= 15 is 0 Å². The standard InChI is InChI=1S/C50H56.C7H10.C7H8/c1-11-19-42(34(8)12-2)46-29-39(25-24-38(46)13-3)35(9)36(10)40-26-27-45-47(30-40)50(32(4)5,33(6)7)48-31-41(28-37-20-15-14-16-21-37)43-22-17-18-23-44(43)49(45)48;2*1-7-5-3-2-4-6-7/h11-24,26-27,29-33,35-36,39H,2-3,25,28H2,1,4-10H3;2-3,5H,4,6H2,1H3;2-6H,1H3/b19-11-,42-34+;;. The van der Waals surface area contributed by atoms with Gasteiger partial charge < -0.3 is 0 Å². The van der Waals surface area contributed by atoms with Crippen LogP contribution < -0.4 is 0 Å². The fraction of sp³-hybridized carbons (Fsp3) is 0.312. The van der Waals surface area contributed by atoms with Crippen molar-refractivity contribution in [3.8, 4) is 11.1 Å². The second kappa shape index (κ2) is 21.8. The van der Waals surface area contributed by atoms with Crippen LogP contribution in [0.3, 0.4) is 0 Å². The van der Waals surface area contributed by atoms with Crippen LogP contribution in [0.5, 0.6) is 0 Å². The number of hydrogen-bond donors (Lipinski definition) is 0. The van der Waals surface area contributed by atoms with Crippen LogP contribution in [0.2, 0.25) is 0 Å². The van der Waals surface area contributed by atoms with Gasteiger partial charge in [-0.1, -0.05) is 230 Å². The van der Waals surface area contributed by atoms with Gasteiger partial charge in [0.25, 0.3) is 0 Å². The van der Waals surface area contributed by atoms with Crippen LogP contribution in [0.1, 0.15) is 121 Å². The summed E-state index contributed by atoms with van der Waals surface area (Å²) < 4.78 is 0. The number of aryl methyl sites for hydroxylation is 1. The van der Waals surface area contributed by atoms with Crippen molar-refractivity contribution >= 4 is 10.8 Å². The van der Waals surface area contributed by atoms with Crippen molar-refractivity contribution in [1.29, 1.82) is 0 Å². The molecule has 0 heterocycles. The van der Waals surface area contributed by atoms with E-state index in [-0.39, 0.29) is 5.41 Å². The molecule has 0 radical (unpaired) electrons. The normalized spacial score (nSPS) is 17.4. The number of rotatable bonds is 11. The zero-order valence-corrected chi connectivity index (χ0v) is 40.7. The third kappa shape index (κ3) is 10.1. The summed E-state index contributed by atoms with van der Waals surface area (Å²) in [5, 5.41) is 2.76. The Bertz CT molecular complexity index is 2590. The van der Waals surface area contributed by atoms with Crippen molar-refractivity contribution in [3.05, 3.63) is 238 Å². The van der Waals surface area contributed by atoms with E-state index in [9.17, 15) is 0 Å². The van der Waals surface area contributed by atoms with Crippen LogP contribution in [0.15, 0.2) is 205 Å². The van der Waals surface area contributed by atoms with Gasteiger partial charge in [-0.15, -0.1) is 0 Å². The Kier molecular flexibility index (Phi) is 16.2. The van der Waals surface area contributed by atoms with Crippen molar-refractivity contribution in [2.75, 3.05) is 0 Å². The largest absolute Gasteiger partial charge is 0.0988 e. The summed E-state index contributed by atoms with van der Waals surface area (Å²) in [6.45, 7) is 31.5. The van der Waals surface area contributed by atoms with Gasteiger partial charge in [0, 0.05) is 5.41 Å². The average molecular weight is 843 g/mol. The maximum absolute atomic E-state index is 4.17. The summed E-state index contributed by atoms with van der Waals surface area (Å²) in [4.78, 5) is 0. The quantitative estimate of drug-likeness (QED) is 0.116. The van der Waals surface area contributed by atoms with E-state index < -0.39 is 0 Å². The highest BCUT2D eigenvalue weighted by Crippen LogP contribution is 2.59. The molecular formula is C64H74. The second-order valence-electron chi connectivity index (χ2n) is 19.1. The molecule has 0 heteroatoms. The zero-order valence-electron chi connectivity index (χ0n) is 40.7. The first-order valence-corrected chi connectivity index (χ1v) is 24.0. The van der Waals surface area contributed by atoms with Gasteiger partial charge in [0.05, 0.1) is 0 Å². The topological polar surface area (TPSA) is 0 Å². The molecule has 0 aromatic heterocycles. The van der Waals surface area contributed by atoms with Crippen molar-refractivity contribution in [3.63, 3.8) is 0 Å². The van der Waals surface area contributed by atoms with E-state index in [0.717, 1.165) is 12.8 Å². The van der Waals surface area contributed by atoms with Gasteiger partial charge >= 0.3 is 0 Å². The molecule has 0 spiro atoms. The molecule has 330 valence electrons. The third-order valence-corrected chi connectivity index (χ3v) is 14.4. The molecule has 0 bridgehead atoms. The lowest BCUT2D eigenvalue weighted by Crippen LogP contribution is -2.37. The minimum Gasteiger partial charge on any atom is -0.0988 e. The SMILES string of the molecule is C=CC1=CCC(C(C)C(C)c2ccc3c(c2)C(C(C)C)(C(C)C)c2cc(Cc4ccccc4)c4ccccc4c2-3)C=C1C(/C=C\C)=C(\C)C=C.CC1=CC=CCC1.Cc1ccccc1. The molecule has 3 atom stereocenters. The molecule has 0 N–H and O–H groups in total. The van der Waals surface area contributed by atoms with E-state index in [1.807, 2.05) is 30.4 Å². The molecule has 0 aliphatic heterocycles. The highest BCUT2D eigenvalue weighted by atomic mass is 14.5. The fourth-order valence-electron chi connectivity index (χ4n) is 10.7. The van der Waals surface area contributed by atoms with Crippen LogP contribution in [-0.2, 0) is 11.8 Å². The van der Waals surface area contributed by atoms with Crippen LogP contribution in [0, 0.1) is 30.6 Å². The van der Waals surface area contributed by atoms with Crippen LogP contribution in [0.4, 0.5) is 0 Å². The number of hydrogen-bond acceptors (Lipinski definition) is 0. The molecule has 8 rings (SSSR count). The molecule has 0 saturated heterocycles. The predicted octanol–water partition coefficient (Wildman–Crippen LogP) is 18.2. The third-order valence-electron chi connectivity index (χ3n) is 14.4. The molecule has 0 fully saturated rings. The van der Waals surface area contributed by atoms with E-state index in [2.05, 4.69) is 216 Å². The lowest BCUT2D eigenvalue weighted by Gasteiger charge is -2.41. The second-order valence-corrected chi connectivity index (χ2v) is 19.1. The molecule has 5 aromatic rings. The zero-order chi connectivity index (χ0) is 46.0. The summed E-state index contributed by atoms with van der Waals surface area (Å²) in [6, 6.07) is 40.5. The molecule has 64 heavy (non-hydrogen) atoms. The molecular weight excluding hydrogens is 769 g/mol. The first-order chi connectivity index (χ1) is 30.9. The van der Waals surface area contributed by atoms with Gasteiger partial charge in [-0.2, -0.15) is 0 Å². The van der Waals surface area contributed by atoms with Crippen LogP contribution >= 0.6 is 0 Å². The van der Waals surface area contributed by atoms with Crippen molar-refractivity contribution in [2.45, 2.75) is 106 Å². The Labute approximate surface area is 388 Å². The Balaban J connectivity index is 0.000000411. The molecule has 3 unspecified atom stereocenters. The Hall–Kier alpha value is -5.72. The lowest BCUT2D eigenvalue weighted by molar-refractivity contribution is 0.279. The summed E-state index contributed by atoms with van der Waals surface area (Å²) in [5.74, 6) is 2.15. The van der Waals surface area contributed by atoms with Crippen LogP contribution in [-0.4, -0.2) is 0 Å². The van der Waals surface area contributed by atoms with E-state index in [4.69, 9.17) is 0 Å². The monoisotopic (exact) mass is 843 g/mol. The molecule has 5 aromatic carbocycles. The van der Waals surface area contributed by atoms with Gasteiger partial charge in [-0.25, -0.2) is 0 Å². The maximum atomic E-state index is 4.17. The predicted molar refractivity (Wildman–Crippen MR) is 282 cm³/mol. The van der Waals surface area contributed by atoms with E-state index in [0.29, 0.717) is 29.6 Å². The van der Waals surface area contributed by atoms with Gasteiger partial charge in [0.2, 0.25) is 0 Å². The molecule has 0 saturated carbocycles. The minimum absolute atomic E-state index is 0.0764. The first kappa shape index (κ1) is 47.8. The van der Waals surface area contributed by atoms with Gasteiger partial charge in [-0.05, 0) is 155 Å². The smallest absolute Gasteiger partial charge is 0.0261 e. The van der Waals surface area contributed by atoms with E-state index in [1.165, 1.54) is 96.0 Å². The summed E-state index contributed by atoms with van der Waals surface area (Å²) >= 11 is 0. The Morgan fingerprint density at radius 3 is 1.98 bits per heavy atom. The fourth-order valence-corrected chi connectivity index (χ4v) is 10.7. The Morgan fingerprint density at radius 1 is 0.781 bits per heavy atom. The number of benzene rings is 5. The first-order valence-electron chi connectivity index (χ1n) is 24.0. The average Bonchev–Trinajstić information content (AvgIpc) is 3.62. The Morgan fingerprint density at radius 2 is 1.44 bits per heavy atom. The number of allylic oxidation sites excluding steroid dienone is 14. The minimum atomic E-state index is -0.0764. The van der Waals surface area contributed by atoms with Crippen molar-refractivity contribution in [1.82, 2.24) is 0 Å². The molecule has 3 aliphatic rings. The molecule has 0 nitrogen and oxygen atoms in total. The molecule has 3 aliphatic carbocycles. The van der Waals surface area contributed by atoms with Gasteiger partial charge in [0.1, 0.15) is 0 Å². The highest BCUT2D eigenvalue weighted by Gasteiger charge is 2.49. The summed E-state index contributed by atoms with van der Waals surface area (Å²) in [7, 11) is 0. The maximum Gasteiger partial charge on any atom is 0.0261 e. The lowest BCUT2D eigenvalue weighted by atomic mass is 9.62. The van der Waals surface area contributed by atoms with Gasteiger partial charge in [0.15, 0.2) is 0 Å². The van der Waals surface area contributed by atoms with Gasteiger partial charge in [-0.3, -0.25) is 0 Å². The highest BCUT2D eigenvalue weighted by molar-refractivity contribution is 6.04. The van der Waals surface area contributed by atoms with E-state index in [1.54, 1.807) is 0 Å². The summed E-state index contributed by atoms with van der Waals surface area (Å²) in [5.41, 5.74) is 17.8. The van der Waals surface area contributed by atoms with Crippen molar-refractivity contribution in [2.24, 2.45) is 23.7 Å². The van der Waals surface area contributed by atoms with Crippen molar-refractivity contribution < 1.29 is 0 Å². The van der Waals surface area contributed by atoms with Crippen LogP contribution in [0.25, 0.3) is 21.9 Å². The molecule has 0 amide bonds.